The second kappa shape index (κ2) is 1.69. The first-order valence-corrected chi connectivity index (χ1v) is 3.47. The Morgan fingerprint density at radius 3 is 3.20 bits per heavy atom. The summed E-state index contributed by atoms with van der Waals surface area (Å²) >= 11 is 1.27. The van der Waals surface area contributed by atoms with Gasteiger partial charge in [-0.2, -0.15) is 9.37 Å². The zero-order chi connectivity index (χ0) is 7.14. The number of nitrogens with zero attached hydrogens (tertiary/aromatic N) is 2. The number of imidazole rings is 1. The van der Waals surface area contributed by atoms with Gasteiger partial charge in [-0.3, -0.25) is 4.40 Å². The Kier molecular flexibility index (Phi) is 0.960. The van der Waals surface area contributed by atoms with Gasteiger partial charge >= 0.3 is 0 Å². The zero-order valence-electron chi connectivity index (χ0n) is 4.78. The van der Waals surface area contributed by atoms with Crippen molar-refractivity contribution in [3.8, 4) is 5.88 Å². The Bertz CT molecular complexity index is 366. The van der Waals surface area contributed by atoms with E-state index in [1.54, 1.807) is 11.6 Å². The molecular formula is C5H3FN2OS. The third-order valence-electron chi connectivity index (χ3n) is 1.20. The van der Waals surface area contributed by atoms with Crippen molar-refractivity contribution >= 4 is 16.3 Å². The van der Waals surface area contributed by atoms with Crippen LogP contribution in [0, 0.1) is 5.95 Å². The highest BCUT2D eigenvalue weighted by Crippen LogP contribution is 2.20. The van der Waals surface area contributed by atoms with Gasteiger partial charge in [0.05, 0.1) is 0 Å². The molecule has 5 heteroatoms. The third-order valence-corrected chi connectivity index (χ3v) is 1.95. The standard InChI is InChI=1S/C5H3FN2OS/c6-3-4(9)8-1-2-10-5(8)7-3/h1-2,9H. The molecule has 1 N–H and O–H groups in total. The summed E-state index contributed by atoms with van der Waals surface area (Å²) in [5.41, 5.74) is 0. The number of hydrogen-bond acceptors (Lipinski definition) is 3. The predicted molar refractivity (Wildman–Crippen MR) is 34.7 cm³/mol. The van der Waals surface area contributed by atoms with Crippen molar-refractivity contribution < 1.29 is 9.50 Å². The van der Waals surface area contributed by atoms with Gasteiger partial charge < -0.3 is 5.11 Å². The highest BCUT2D eigenvalue weighted by Gasteiger charge is 2.09. The SMILES string of the molecule is Oc1c(F)nc2sccn12. The van der Waals surface area contributed by atoms with Crippen LogP contribution in [-0.4, -0.2) is 14.5 Å². The fourth-order valence-electron chi connectivity index (χ4n) is 0.747. The molecule has 52 valence electrons. The summed E-state index contributed by atoms with van der Waals surface area (Å²) in [5, 5.41) is 10.6. The minimum absolute atomic E-state index is 0.420. The molecule has 0 atom stereocenters. The van der Waals surface area contributed by atoms with Crippen LogP contribution in [0.1, 0.15) is 0 Å². The van der Waals surface area contributed by atoms with Gasteiger partial charge in [-0.1, -0.05) is 0 Å². The van der Waals surface area contributed by atoms with E-state index in [1.165, 1.54) is 15.7 Å². The highest BCUT2D eigenvalue weighted by atomic mass is 32.1. The summed E-state index contributed by atoms with van der Waals surface area (Å²) in [4.78, 5) is 3.91. The van der Waals surface area contributed by atoms with Crippen LogP contribution in [0.5, 0.6) is 5.88 Å². The molecule has 3 nitrogen and oxygen atoms in total. The van der Waals surface area contributed by atoms with Gasteiger partial charge in [0.25, 0.3) is 11.8 Å². The fourth-order valence-corrected chi connectivity index (χ4v) is 1.45. The molecule has 0 aromatic carbocycles. The zero-order valence-corrected chi connectivity index (χ0v) is 5.60. The lowest BCUT2D eigenvalue weighted by Gasteiger charge is -1.82. The van der Waals surface area contributed by atoms with E-state index in [9.17, 15) is 4.39 Å². The quantitative estimate of drug-likeness (QED) is 0.626. The first-order chi connectivity index (χ1) is 4.79. The summed E-state index contributed by atoms with van der Waals surface area (Å²) in [6, 6.07) is 0. The van der Waals surface area contributed by atoms with E-state index in [0.717, 1.165) is 0 Å². The topological polar surface area (TPSA) is 37.5 Å². The molecule has 0 bridgehead atoms. The molecule has 0 amide bonds. The van der Waals surface area contributed by atoms with Gasteiger partial charge in [0, 0.05) is 11.6 Å². The van der Waals surface area contributed by atoms with Crippen molar-refractivity contribution in [1.82, 2.24) is 9.38 Å². The molecule has 0 saturated heterocycles. The number of halogens is 1. The van der Waals surface area contributed by atoms with E-state index < -0.39 is 11.8 Å². The van der Waals surface area contributed by atoms with Gasteiger partial charge in [0.1, 0.15) is 0 Å². The monoisotopic (exact) mass is 158 g/mol. The van der Waals surface area contributed by atoms with Crippen LogP contribution >= 0.6 is 11.3 Å². The van der Waals surface area contributed by atoms with Crippen LogP contribution in [0.4, 0.5) is 4.39 Å². The molecule has 10 heavy (non-hydrogen) atoms. The Hall–Kier alpha value is -1.10. The van der Waals surface area contributed by atoms with E-state index in [2.05, 4.69) is 4.98 Å². The Balaban J connectivity index is 2.95. The minimum atomic E-state index is -0.813. The van der Waals surface area contributed by atoms with Crippen LogP contribution in [0.3, 0.4) is 0 Å². The number of fused-ring (bicyclic) bond motifs is 1. The third kappa shape index (κ3) is 0.550. The molecule has 2 heterocycles. The Morgan fingerprint density at radius 1 is 1.70 bits per heavy atom. The van der Waals surface area contributed by atoms with Crippen molar-refractivity contribution in [3.05, 3.63) is 17.5 Å². The van der Waals surface area contributed by atoms with Crippen molar-refractivity contribution in [3.63, 3.8) is 0 Å². The van der Waals surface area contributed by atoms with Gasteiger partial charge in [-0.05, 0) is 0 Å². The van der Waals surface area contributed by atoms with E-state index in [1.807, 2.05) is 0 Å². The lowest BCUT2D eigenvalue weighted by molar-refractivity contribution is 0.405. The molecule has 0 aliphatic rings. The van der Waals surface area contributed by atoms with Crippen LogP contribution in [0.2, 0.25) is 0 Å². The number of aromatic nitrogens is 2. The maximum atomic E-state index is 12.4. The van der Waals surface area contributed by atoms with Crippen LogP contribution < -0.4 is 0 Å². The van der Waals surface area contributed by atoms with Gasteiger partial charge in [0.15, 0.2) is 4.96 Å². The first-order valence-electron chi connectivity index (χ1n) is 2.59. The smallest absolute Gasteiger partial charge is 0.276 e. The predicted octanol–water partition coefficient (Wildman–Crippen LogP) is 1.24. The lowest BCUT2D eigenvalue weighted by Crippen LogP contribution is -1.73. The van der Waals surface area contributed by atoms with Gasteiger partial charge in [-0.15, -0.1) is 11.3 Å². The summed E-state index contributed by atoms with van der Waals surface area (Å²) in [6.45, 7) is 0. The van der Waals surface area contributed by atoms with E-state index in [0.29, 0.717) is 4.96 Å². The van der Waals surface area contributed by atoms with Crippen molar-refractivity contribution in [1.29, 1.82) is 0 Å². The van der Waals surface area contributed by atoms with Crippen molar-refractivity contribution in [2.45, 2.75) is 0 Å². The average molecular weight is 158 g/mol. The Morgan fingerprint density at radius 2 is 2.50 bits per heavy atom. The number of hydrogen-bond donors (Lipinski definition) is 1. The van der Waals surface area contributed by atoms with Crippen molar-refractivity contribution in [2.75, 3.05) is 0 Å². The first kappa shape index (κ1) is 5.67. The molecule has 0 unspecified atom stereocenters. The van der Waals surface area contributed by atoms with E-state index in [-0.39, 0.29) is 0 Å². The van der Waals surface area contributed by atoms with Gasteiger partial charge in [-0.25, -0.2) is 0 Å². The van der Waals surface area contributed by atoms with Crippen LogP contribution in [0.15, 0.2) is 11.6 Å². The van der Waals surface area contributed by atoms with Crippen LogP contribution in [0.25, 0.3) is 4.96 Å². The normalized spacial score (nSPS) is 10.9. The molecule has 2 aromatic heterocycles. The summed E-state index contributed by atoms with van der Waals surface area (Å²) in [7, 11) is 0. The number of aromatic hydroxyl groups is 1. The summed E-state index contributed by atoms with van der Waals surface area (Å²) in [5.74, 6) is -1.23. The van der Waals surface area contributed by atoms with Crippen LogP contribution in [-0.2, 0) is 0 Å². The van der Waals surface area contributed by atoms with E-state index in [4.69, 9.17) is 5.11 Å². The summed E-state index contributed by atoms with van der Waals surface area (Å²) < 4.78 is 13.7. The molecule has 0 saturated carbocycles. The molecule has 0 radical (unpaired) electrons. The maximum Gasteiger partial charge on any atom is 0.276 e. The lowest BCUT2D eigenvalue weighted by atomic mass is 10.8. The van der Waals surface area contributed by atoms with Gasteiger partial charge in [0.2, 0.25) is 0 Å². The second-order valence-corrected chi connectivity index (χ2v) is 2.65. The molecular weight excluding hydrogens is 155 g/mol. The molecule has 0 fully saturated rings. The van der Waals surface area contributed by atoms with E-state index >= 15 is 0 Å². The second-order valence-electron chi connectivity index (χ2n) is 1.78. The Labute approximate surface area is 59.4 Å². The average Bonchev–Trinajstić information content (AvgIpc) is 2.41. The van der Waals surface area contributed by atoms with Crippen molar-refractivity contribution in [2.24, 2.45) is 0 Å². The minimum Gasteiger partial charge on any atom is -0.491 e. The largest absolute Gasteiger partial charge is 0.491 e. The molecule has 2 rings (SSSR count). The molecule has 2 aromatic rings. The molecule has 0 aliphatic heterocycles. The number of thiazole rings is 1. The fraction of sp³-hybridized carbons (Fsp3) is 0. The maximum absolute atomic E-state index is 12.4. The number of rotatable bonds is 0. The highest BCUT2D eigenvalue weighted by molar-refractivity contribution is 7.15. The summed E-state index contributed by atoms with van der Waals surface area (Å²) in [6.07, 6.45) is 1.56. The molecule has 0 aliphatic carbocycles. The molecule has 0 spiro atoms.